The van der Waals surface area contributed by atoms with Crippen molar-refractivity contribution in [3.8, 4) is 16.8 Å². The number of thiophene rings is 1. The van der Waals surface area contributed by atoms with Gasteiger partial charge in [-0.25, -0.2) is 4.99 Å². The van der Waals surface area contributed by atoms with E-state index in [4.69, 9.17) is 4.99 Å². The molecule has 57 heavy (non-hydrogen) atoms. The lowest BCUT2D eigenvalue weighted by molar-refractivity contribution is 0.435. The zero-order valence-electron chi connectivity index (χ0n) is 32.2. The maximum absolute atomic E-state index is 5.31. The second-order valence-corrected chi connectivity index (χ2v) is 16.7. The molecule has 1 aliphatic heterocycles. The number of aryl methyl sites for hydroxylation is 1. The molecule has 7 aromatic rings. The Labute approximate surface area is 338 Å². The fraction of sp³-hybridized carbons (Fsp3) is 0.151. The van der Waals surface area contributed by atoms with Crippen LogP contribution in [-0.4, -0.2) is 22.4 Å². The van der Waals surface area contributed by atoms with Gasteiger partial charge < -0.3 is 9.47 Å². The summed E-state index contributed by atoms with van der Waals surface area (Å²) in [5, 5.41) is 2.84. The third-order valence-corrected chi connectivity index (χ3v) is 13.6. The first-order valence-corrected chi connectivity index (χ1v) is 21.2. The third-order valence-electron chi connectivity index (χ3n) is 12.3. The van der Waals surface area contributed by atoms with Crippen LogP contribution < -0.4 is 9.75 Å². The van der Waals surface area contributed by atoms with Crippen LogP contribution in [-0.2, 0) is 12.8 Å². The van der Waals surface area contributed by atoms with E-state index in [0.29, 0.717) is 0 Å². The Morgan fingerprint density at radius 3 is 2.19 bits per heavy atom. The van der Waals surface area contributed by atoms with E-state index in [0.717, 1.165) is 54.8 Å². The summed E-state index contributed by atoms with van der Waals surface area (Å²) in [6, 6.07) is 46.8. The van der Waals surface area contributed by atoms with Crippen molar-refractivity contribution in [1.82, 2.24) is 9.47 Å². The number of amidine groups is 1. The minimum absolute atomic E-state index is 0.0675. The molecule has 11 rings (SSSR count). The number of aromatic nitrogens is 1. The van der Waals surface area contributed by atoms with Crippen LogP contribution in [0.2, 0.25) is 0 Å². The molecule has 3 aliphatic carbocycles. The number of hydrogen-bond donors (Lipinski definition) is 0. The summed E-state index contributed by atoms with van der Waals surface area (Å²) in [6.45, 7) is 0. The highest BCUT2D eigenvalue weighted by Crippen LogP contribution is 2.38. The predicted octanol–water partition coefficient (Wildman–Crippen LogP) is 11.5. The van der Waals surface area contributed by atoms with E-state index in [1.807, 2.05) is 11.3 Å². The van der Waals surface area contributed by atoms with E-state index in [-0.39, 0.29) is 6.04 Å². The molecule has 2 aromatic heterocycles. The topological polar surface area (TPSA) is 20.5 Å². The zero-order chi connectivity index (χ0) is 37.9. The Hall–Kier alpha value is -6.23. The fourth-order valence-electron chi connectivity index (χ4n) is 9.47. The van der Waals surface area contributed by atoms with Crippen molar-refractivity contribution < 1.29 is 0 Å². The number of benzene rings is 5. The van der Waals surface area contributed by atoms with E-state index in [2.05, 4.69) is 180 Å². The van der Waals surface area contributed by atoms with Gasteiger partial charge in [0.15, 0.2) is 0 Å². The van der Waals surface area contributed by atoms with Crippen LogP contribution >= 0.6 is 11.3 Å². The number of nitrogens with zero attached hydrogens (tertiary/aromatic N) is 3. The second-order valence-electron chi connectivity index (χ2n) is 15.7. The molecule has 0 bridgehead atoms. The summed E-state index contributed by atoms with van der Waals surface area (Å²) in [5.41, 5.74) is 16.6. The highest BCUT2D eigenvalue weighted by atomic mass is 32.1. The Morgan fingerprint density at radius 2 is 1.35 bits per heavy atom. The Bertz CT molecular complexity index is 2960. The van der Waals surface area contributed by atoms with Gasteiger partial charge in [0.05, 0.1) is 17.3 Å². The SMILES string of the molecule is CN1C(c2cccc(-c3ccc4c(c3)c3c(n4-c4ccc(C5=c6sc7c(c6=CCC5)CCC=C7)cc4)C=CCC3)c2)=NC(c2ccccc2)=CC1c1ccccc1. The van der Waals surface area contributed by atoms with E-state index < -0.39 is 0 Å². The smallest absolute Gasteiger partial charge is 0.137 e. The largest absolute Gasteiger partial charge is 0.349 e. The molecular formula is C53H43N3S. The maximum atomic E-state index is 5.31. The monoisotopic (exact) mass is 753 g/mol. The van der Waals surface area contributed by atoms with E-state index in [1.54, 1.807) is 5.56 Å². The molecule has 0 amide bonds. The zero-order valence-corrected chi connectivity index (χ0v) is 33.0. The summed E-state index contributed by atoms with van der Waals surface area (Å²) in [4.78, 5) is 9.08. The summed E-state index contributed by atoms with van der Waals surface area (Å²) >= 11 is 1.99. The van der Waals surface area contributed by atoms with Gasteiger partial charge in [-0.05, 0) is 137 Å². The minimum atomic E-state index is 0.0675. The number of fused-ring (bicyclic) bond motifs is 6. The van der Waals surface area contributed by atoms with Crippen LogP contribution in [0, 0.1) is 0 Å². The highest BCUT2D eigenvalue weighted by molar-refractivity contribution is 7.11. The second kappa shape index (κ2) is 14.1. The number of aliphatic imine (C=N–C) groups is 1. The first-order chi connectivity index (χ1) is 28.2. The normalized spacial score (nSPS) is 17.1. The number of allylic oxidation sites excluding steroid dienone is 2. The molecule has 0 spiro atoms. The first-order valence-electron chi connectivity index (χ1n) is 20.4. The van der Waals surface area contributed by atoms with Gasteiger partial charge in [-0.2, -0.15) is 0 Å². The predicted molar refractivity (Wildman–Crippen MR) is 241 cm³/mol. The molecule has 0 saturated heterocycles. The van der Waals surface area contributed by atoms with Crippen LogP contribution in [0.25, 0.3) is 57.2 Å². The lowest BCUT2D eigenvalue weighted by Crippen LogP contribution is -2.33. The van der Waals surface area contributed by atoms with Crippen molar-refractivity contribution >= 4 is 57.6 Å². The molecule has 4 heteroatoms. The summed E-state index contributed by atoms with van der Waals surface area (Å²) in [5.74, 6) is 0.974. The molecule has 0 fully saturated rings. The molecule has 0 saturated carbocycles. The number of likely N-dealkylation sites (N-methyl/N-ethyl adjacent to an activating group) is 1. The molecule has 0 radical (unpaired) electrons. The highest BCUT2D eigenvalue weighted by Gasteiger charge is 2.26. The molecule has 0 N–H and O–H groups in total. The van der Waals surface area contributed by atoms with Crippen LogP contribution in [0.3, 0.4) is 0 Å². The van der Waals surface area contributed by atoms with Crippen LogP contribution in [0.4, 0.5) is 0 Å². The van der Waals surface area contributed by atoms with Gasteiger partial charge in [0.25, 0.3) is 0 Å². The molecule has 276 valence electrons. The van der Waals surface area contributed by atoms with E-state index in [9.17, 15) is 0 Å². The summed E-state index contributed by atoms with van der Waals surface area (Å²) in [6.07, 6.45) is 20.8. The van der Waals surface area contributed by atoms with Gasteiger partial charge >= 0.3 is 0 Å². The summed E-state index contributed by atoms with van der Waals surface area (Å²) in [7, 11) is 2.17. The molecule has 3 heterocycles. The van der Waals surface area contributed by atoms with Gasteiger partial charge in [-0.1, -0.05) is 115 Å². The Kier molecular flexibility index (Phi) is 8.40. The third kappa shape index (κ3) is 5.90. The summed E-state index contributed by atoms with van der Waals surface area (Å²) < 4.78 is 3.97. The van der Waals surface area contributed by atoms with Gasteiger partial charge in [-0.15, -0.1) is 11.3 Å². The van der Waals surface area contributed by atoms with Crippen molar-refractivity contribution in [1.29, 1.82) is 0 Å². The van der Waals surface area contributed by atoms with E-state index >= 15 is 0 Å². The minimum Gasteiger partial charge on any atom is -0.349 e. The Morgan fingerprint density at radius 1 is 0.632 bits per heavy atom. The van der Waals surface area contributed by atoms with Crippen molar-refractivity contribution in [3.05, 3.63) is 199 Å². The van der Waals surface area contributed by atoms with Crippen molar-refractivity contribution in [3.63, 3.8) is 0 Å². The Balaban J connectivity index is 0.968. The van der Waals surface area contributed by atoms with Crippen LogP contribution in [0.15, 0.2) is 151 Å². The van der Waals surface area contributed by atoms with Gasteiger partial charge in [0.2, 0.25) is 0 Å². The molecular weight excluding hydrogens is 711 g/mol. The molecule has 3 nitrogen and oxygen atoms in total. The maximum Gasteiger partial charge on any atom is 0.137 e. The lowest BCUT2D eigenvalue weighted by atomic mass is 9.94. The van der Waals surface area contributed by atoms with Crippen molar-refractivity contribution in [2.45, 2.75) is 44.6 Å². The van der Waals surface area contributed by atoms with Gasteiger partial charge in [0, 0.05) is 38.8 Å². The van der Waals surface area contributed by atoms with Gasteiger partial charge in [-0.3, -0.25) is 0 Å². The van der Waals surface area contributed by atoms with E-state index in [1.165, 1.54) is 76.7 Å². The van der Waals surface area contributed by atoms with Crippen LogP contribution in [0.1, 0.15) is 75.7 Å². The lowest BCUT2D eigenvalue weighted by Gasteiger charge is -2.33. The molecule has 1 atom stereocenters. The van der Waals surface area contributed by atoms with Crippen LogP contribution in [0.5, 0.6) is 0 Å². The average Bonchev–Trinajstić information content (AvgIpc) is 3.83. The average molecular weight is 754 g/mol. The molecule has 4 aliphatic rings. The standard InChI is InChI=1S/C53H43N3S/c1-55-50(37-16-6-3-7-17-37)34-47(36-14-4-2-5-15-36)54-53(55)40-19-12-18-38(32-40)39-28-31-49-46(33-39)43-20-8-10-24-48(43)56(49)41-29-26-35(27-30-41)42-22-13-23-45-44-21-9-11-25-51(44)57-52(42)45/h2-7,10-12,14-19,23-34,50H,8-9,13,20-22H2,1H3. The fourth-order valence-corrected chi connectivity index (χ4v) is 10.9. The van der Waals surface area contributed by atoms with Crippen molar-refractivity contribution in [2.24, 2.45) is 4.99 Å². The van der Waals surface area contributed by atoms with Crippen molar-refractivity contribution in [2.75, 3.05) is 7.05 Å². The number of rotatable bonds is 6. The van der Waals surface area contributed by atoms with Gasteiger partial charge in [0.1, 0.15) is 5.84 Å². The number of hydrogen-bond acceptors (Lipinski definition) is 3. The first kappa shape index (κ1) is 34.1. The molecule has 5 aromatic carbocycles. The quantitative estimate of drug-likeness (QED) is 0.166. The molecule has 1 unspecified atom stereocenters.